The lowest BCUT2D eigenvalue weighted by molar-refractivity contribution is 0.309. The van der Waals surface area contributed by atoms with E-state index in [1.807, 2.05) is 42.2 Å². The average Bonchev–Trinajstić information content (AvgIpc) is 2.72. The van der Waals surface area contributed by atoms with E-state index in [0.29, 0.717) is 29.7 Å². The molecule has 1 N–H and O–H groups in total. The molecule has 4 rings (SSSR count). The van der Waals surface area contributed by atoms with Gasteiger partial charge in [-0.2, -0.15) is 0 Å². The molecule has 23 heavy (non-hydrogen) atoms. The molecule has 1 aromatic carbocycles. The third kappa shape index (κ3) is 2.26. The highest BCUT2D eigenvalue weighted by atomic mass is 16.5. The number of aromatic hydroxyl groups is 1. The first-order chi connectivity index (χ1) is 11.2. The van der Waals surface area contributed by atoms with Crippen molar-refractivity contribution in [3.05, 3.63) is 66.0 Å². The van der Waals surface area contributed by atoms with E-state index < -0.39 is 0 Å². The Hall–Kier alpha value is -3.08. The number of anilines is 3. The van der Waals surface area contributed by atoms with Crippen molar-refractivity contribution in [1.82, 2.24) is 9.97 Å². The van der Waals surface area contributed by atoms with Gasteiger partial charge >= 0.3 is 0 Å². The van der Waals surface area contributed by atoms with Crippen LogP contribution in [-0.4, -0.2) is 15.1 Å². The summed E-state index contributed by atoms with van der Waals surface area (Å²) in [6.07, 6.45) is 3.51. The maximum atomic E-state index is 10.3. The van der Waals surface area contributed by atoms with Crippen molar-refractivity contribution in [2.24, 2.45) is 0 Å². The van der Waals surface area contributed by atoms with Crippen molar-refractivity contribution < 1.29 is 9.84 Å². The topological polar surface area (TPSA) is 58.5 Å². The average molecular weight is 305 g/mol. The lowest BCUT2D eigenvalue weighted by atomic mass is 10.2. The van der Waals surface area contributed by atoms with E-state index in [9.17, 15) is 5.11 Å². The number of benzene rings is 1. The predicted molar refractivity (Wildman–Crippen MR) is 87.4 cm³/mol. The number of rotatable bonds is 1. The first-order valence-electron chi connectivity index (χ1n) is 7.35. The fourth-order valence-corrected chi connectivity index (χ4v) is 2.69. The molecule has 3 heterocycles. The van der Waals surface area contributed by atoms with Crippen LogP contribution in [0.25, 0.3) is 0 Å². The number of hydrogen-bond acceptors (Lipinski definition) is 5. The van der Waals surface area contributed by atoms with Crippen LogP contribution in [0.3, 0.4) is 0 Å². The number of aromatic nitrogens is 2. The van der Waals surface area contributed by atoms with E-state index in [4.69, 9.17) is 4.74 Å². The Morgan fingerprint density at radius 3 is 2.83 bits per heavy atom. The Balaban J connectivity index is 2.01. The molecule has 0 aliphatic carbocycles. The fraction of sp³-hybridized carbons (Fsp3) is 0.111. The van der Waals surface area contributed by atoms with Gasteiger partial charge in [-0.25, -0.2) is 9.97 Å². The third-order valence-corrected chi connectivity index (χ3v) is 3.77. The minimum absolute atomic E-state index is 0.166. The van der Waals surface area contributed by atoms with E-state index >= 15 is 0 Å². The van der Waals surface area contributed by atoms with Crippen LogP contribution in [0.5, 0.6) is 11.5 Å². The van der Waals surface area contributed by atoms with Gasteiger partial charge in [0.2, 0.25) is 0 Å². The fourth-order valence-electron chi connectivity index (χ4n) is 2.69. The Morgan fingerprint density at radius 2 is 1.96 bits per heavy atom. The Labute approximate surface area is 133 Å². The monoisotopic (exact) mass is 305 g/mol. The summed E-state index contributed by atoms with van der Waals surface area (Å²) < 4.78 is 5.92. The summed E-state index contributed by atoms with van der Waals surface area (Å²) in [7, 11) is 0. The molecule has 0 atom stereocenters. The first-order valence-corrected chi connectivity index (χ1v) is 7.35. The van der Waals surface area contributed by atoms with Crippen LogP contribution in [0.15, 0.2) is 54.9 Å². The van der Waals surface area contributed by atoms with Crippen LogP contribution >= 0.6 is 0 Å². The maximum absolute atomic E-state index is 10.3. The van der Waals surface area contributed by atoms with Crippen molar-refractivity contribution in [1.29, 1.82) is 0 Å². The number of phenols is 1. The van der Waals surface area contributed by atoms with E-state index in [1.54, 1.807) is 24.5 Å². The van der Waals surface area contributed by atoms with Gasteiger partial charge in [0.1, 0.15) is 18.2 Å². The smallest absolute Gasteiger partial charge is 0.181 e. The van der Waals surface area contributed by atoms with E-state index in [0.717, 1.165) is 11.1 Å². The molecule has 0 saturated carbocycles. The zero-order chi connectivity index (χ0) is 15.8. The second kappa shape index (κ2) is 5.28. The molecule has 0 saturated heterocycles. The largest absolute Gasteiger partial charge is 0.506 e. The summed E-state index contributed by atoms with van der Waals surface area (Å²) in [5.74, 6) is 2.17. The van der Waals surface area contributed by atoms with Crippen molar-refractivity contribution in [2.45, 2.75) is 13.5 Å². The van der Waals surface area contributed by atoms with Crippen molar-refractivity contribution in [2.75, 3.05) is 4.90 Å². The van der Waals surface area contributed by atoms with Gasteiger partial charge in [-0.3, -0.25) is 4.90 Å². The van der Waals surface area contributed by atoms with E-state index in [-0.39, 0.29) is 5.75 Å². The molecule has 3 aromatic rings. The molecule has 0 fully saturated rings. The van der Waals surface area contributed by atoms with Crippen LogP contribution in [0.4, 0.5) is 17.3 Å². The summed E-state index contributed by atoms with van der Waals surface area (Å²) >= 11 is 0. The molecule has 0 unspecified atom stereocenters. The molecule has 0 bridgehead atoms. The van der Waals surface area contributed by atoms with Gasteiger partial charge < -0.3 is 9.84 Å². The quantitative estimate of drug-likeness (QED) is 0.740. The highest BCUT2D eigenvalue weighted by Gasteiger charge is 2.27. The molecular formula is C18H15N3O2. The lowest BCUT2D eigenvalue weighted by Crippen LogP contribution is -2.13. The number of hydrogen-bond donors (Lipinski definition) is 1. The van der Waals surface area contributed by atoms with Gasteiger partial charge in [-0.1, -0.05) is 18.2 Å². The molecule has 1 aliphatic rings. The molecule has 0 spiro atoms. The number of aryl methyl sites for hydroxylation is 1. The van der Waals surface area contributed by atoms with Crippen LogP contribution in [0.2, 0.25) is 0 Å². The van der Waals surface area contributed by atoms with Gasteiger partial charge in [0.25, 0.3) is 0 Å². The molecule has 5 nitrogen and oxygen atoms in total. The maximum Gasteiger partial charge on any atom is 0.181 e. The van der Waals surface area contributed by atoms with Gasteiger partial charge in [-0.15, -0.1) is 0 Å². The summed E-state index contributed by atoms with van der Waals surface area (Å²) in [6.45, 7) is 2.38. The Bertz CT molecular complexity index is 880. The van der Waals surface area contributed by atoms with Gasteiger partial charge in [-0.05, 0) is 36.8 Å². The SMILES string of the molecule is Cc1cnc2c(c1)OCc1cccnc1N2c1ccccc1O. The lowest BCUT2D eigenvalue weighted by Gasteiger charge is -2.24. The summed E-state index contributed by atoms with van der Waals surface area (Å²) in [6, 6.07) is 12.9. The number of fused-ring (bicyclic) bond motifs is 2. The Kier molecular flexibility index (Phi) is 3.12. The summed E-state index contributed by atoms with van der Waals surface area (Å²) in [4.78, 5) is 10.9. The molecule has 0 radical (unpaired) electrons. The van der Waals surface area contributed by atoms with E-state index in [2.05, 4.69) is 9.97 Å². The minimum Gasteiger partial charge on any atom is -0.506 e. The molecule has 1 aliphatic heterocycles. The van der Waals surface area contributed by atoms with Crippen molar-refractivity contribution in [3.63, 3.8) is 0 Å². The molecule has 5 heteroatoms. The first kappa shape index (κ1) is 13.6. The number of phenolic OH excluding ortho intramolecular Hbond substituents is 1. The van der Waals surface area contributed by atoms with E-state index in [1.165, 1.54) is 0 Å². The molecule has 2 aromatic heterocycles. The molecule has 114 valence electrons. The minimum atomic E-state index is 0.166. The molecule has 0 amide bonds. The highest BCUT2D eigenvalue weighted by molar-refractivity contribution is 5.81. The van der Waals surface area contributed by atoms with Gasteiger partial charge in [0.15, 0.2) is 11.6 Å². The Morgan fingerprint density at radius 1 is 1.09 bits per heavy atom. The van der Waals surface area contributed by atoms with Gasteiger partial charge in [0.05, 0.1) is 5.69 Å². The van der Waals surface area contributed by atoms with Crippen molar-refractivity contribution >= 4 is 17.3 Å². The van der Waals surface area contributed by atoms with Crippen LogP contribution in [-0.2, 0) is 6.61 Å². The second-order valence-corrected chi connectivity index (χ2v) is 5.43. The summed E-state index contributed by atoms with van der Waals surface area (Å²) in [5, 5.41) is 10.3. The number of nitrogens with zero attached hydrogens (tertiary/aromatic N) is 3. The second-order valence-electron chi connectivity index (χ2n) is 5.43. The zero-order valence-corrected chi connectivity index (χ0v) is 12.6. The summed E-state index contributed by atoms with van der Waals surface area (Å²) in [5.41, 5.74) is 2.57. The van der Waals surface area contributed by atoms with Crippen LogP contribution in [0, 0.1) is 6.92 Å². The van der Waals surface area contributed by atoms with Crippen molar-refractivity contribution in [3.8, 4) is 11.5 Å². The number of ether oxygens (including phenoxy) is 1. The molecular weight excluding hydrogens is 290 g/mol. The number of para-hydroxylation sites is 2. The van der Waals surface area contributed by atoms with Gasteiger partial charge in [0, 0.05) is 18.0 Å². The normalized spacial score (nSPS) is 12.8. The third-order valence-electron chi connectivity index (χ3n) is 3.77. The highest BCUT2D eigenvalue weighted by Crippen LogP contribution is 2.44. The predicted octanol–water partition coefficient (Wildman–Crippen LogP) is 3.85. The number of pyridine rings is 2. The van der Waals surface area contributed by atoms with Crippen LogP contribution < -0.4 is 9.64 Å². The zero-order valence-electron chi connectivity index (χ0n) is 12.6. The standard InChI is InChI=1S/C18H15N3O2/c1-12-9-16-18(20-10-12)21(14-6-2-3-7-15(14)22)17-13(11-23-16)5-4-8-19-17/h2-10,22H,11H2,1H3. The van der Waals surface area contributed by atoms with Crippen LogP contribution in [0.1, 0.15) is 11.1 Å².